The van der Waals surface area contributed by atoms with E-state index in [1.165, 1.54) is 12.1 Å². The Balaban J connectivity index is 1.67. The summed E-state index contributed by atoms with van der Waals surface area (Å²) in [5.74, 6) is 0.207. The number of aromatic nitrogens is 2. The first-order chi connectivity index (χ1) is 16.8. The number of hydrogen-bond acceptors (Lipinski definition) is 4. The minimum absolute atomic E-state index is 0.232. The molecular formula is C27H22ClFN4O2. The highest BCUT2D eigenvalue weighted by Crippen LogP contribution is 2.39. The monoisotopic (exact) mass is 488 g/mol. The first-order valence-electron chi connectivity index (χ1n) is 11.1. The Morgan fingerprint density at radius 2 is 1.71 bits per heavy atom. The van der Waals surface area contributed by atoms with Crippen LogP contribution in [0.1, 0.15) is 35.5 Å². The third kappa shape index (κ3) is 4.42. The predicted octanol–water partition coefficient (Wildman–Crippen LogP) is 6.85. The molecule has 0 saturated carbocycles. The molecule has 2 heterocycles. The second kappa shape index (κ2) is 9.00. The lowest BCUT2D eigenvalue weighted by Crippen LogP contribution is -2.46. The van der Waals surface area contributed by atoms with Gasteiger partial charge in [-0.15, -0.1) is 0 Å². The molecule has 1 atom stereocenters. The number of amides is 2. The standard InChI is InChI=1S/C27H22ClFN4O2/c1-15-11-16(2)13-22(12-15)33-17(3)23(24(30-27(33)34)19-5-4-6-21(29)14-19)26-31-25(32-35-26)18-7-9-20(28)10-8-18/h4-14,24H,1-3H3,(H,30,34). The van der Waals surface area contributed by atoms with E-state index in [0.717, 1.165) is 16.7 Å². The van der Waals surface area contributed by atoms with Gasteiger partial charge in [-0.2, -0.15) is 4.98 Å². The van der Waals surface area contributed by atoms with Gasteiger partial charge in [0.05, 0.1) is 17.3 Å². The Labute approximate surface area is 207 Å². The van der Waals surface area contributed by atoms with Gasteiger partial charge in [0.25, 0.3) is 5.89 Å². The largest absolute Gasteiger partial charge is 0.334 e. The van der Waals surface area contributed by atoms with Crippen molar-refractivity contribution in [3.63, 3.8) is 0 Å². The van der Waals surface area contributed by atoms with Crippen LogP contribution >= 0.6 is 11.6 Å². The molecule has 1 aliphatic rings. The average Bonchev–Trinajstić information content (AvgIpc) is 3.28. The summed E-state index contributed by atoms with van der Waals surface area (Å²) in [4.78, 5) is 19.5. The van der Waals surface area contributed by atoms with Gasteiger partial charge in [0, 0.05) is 16.3 Å². The number of carbonyl (C=O) groups is 1. The van der Waals surface area contributed by atoms with Crippen molar-refractivity contribution in [3.05, 3.63) is 106 Å². The number of nitrogens with one attached hydrogen (secondary N) is 1. The van der Waals surface area contributed by atoms with Crippen molar-refractivity contribution in [3.8, 4) is 11.4 Å². The fourth-order valence-electron chi connectivity index (χ4n) is 4.40. The minimum atomic E-state index is -0.682. The number of anilines is 1. The molecule has 0 aliphatic carbocycles. The number of hydrogen-bond donors (Lipinski definition) is 1. The maximum atomic E-state index is 14.1. The summed E-state index contributed by atoms with van der Waals surface area (Å²) in [6.45, 7) is 5.78. The maximum absolute atomic E-state index is 14.1. The van der Waals surface area contributed by atoms with Crippen LogP contribution in [0.2, 0.25) is 5.02 Å². The summed E-state index contributed by atoms with van der Waals surface area (Å²) in [6.07, 6.45) is 0. The Hall–Kier alpha value is -3.97. The highest BCUT2D eigenvalue weighted by atomic mass is 35.5. The van der Waals surface area contributed by atoms with Gasteiger partial charge < -0.3 is 9.84 Å². The number of allylic oxidation sites excluding steroid dienone is 1. The van der Waals surface area contributed by atoms with E-state index in [1.807, 2.05) is 39.0 Å². The average molecular weight is 489 g/mol. The van der Waals surface area contributed by atoms with Gasteiger partial charge in [0.2, 0.25) is 5.82 Å². The highest BCUT2D eigenvalue weighted by molar-refractivity contribution is 6.30. The number of halogens is 2. The van der Waals surface area contributed by atoms with E-state index in [-0.39, 0.29) is 11.9 Å². The van der Waals surface area contributed by atoms with Gasteiger partial charge in [-0.05, 0) is 86.0 Å². The molecule has 176 valence electrons. The molecule has 0 spiro atoms. The van der Waals surface area contributed by atoms with Gasteiger partial charge in [0.15, 0.2) is 0 Å². The zero-order valence-electron chi connectivity index (χ0n) is 19.3. The molecule has 1 unspecified atom stereocenters. The van der Waals surface area contributed by atoms with E-state index in [0.29, 0.717) is 33.4 Å². The minimum Gasteiger partial charge on any atom is -0.334 e. The van der Waals surface area contributed by atoms with Crippen molar-refractivity contribution in [2.24, 2.45) is 0 Å². The second-order valence-electron chi connectivity index (χ2n) is 8.55. The first kappa shape index (κ1) is 22.8. The van der Waals surface area contributed by atoms with Gasteiger partial charge in [-0.3, -0.25) is 4.90 Å². The molecule has 6 nitrogen and oxygen atoms in total. The lowest BCUT2D eigenvalue weighted by molar-refractivity contribution is 0.244. The van der Waals surface area contributed by atoms with Crippen molar-refractivity contribution in [2.45, 2.75) is 26.8 Å². The van der Waals surface area contributed by atoms with E-state index in [4.69, 9.17) is 16.1 Å². The van der Waals surface area contributed by atoms with Gasteiger partial charge in [-0.25, -0.2) is 9.18 Å². The number of nitrogens with zero attached hydrogens (tertiary/aromatic N) is 3. The van der Waals surface area contributed by atoms with Crippen molar-refractivity contribution >= 4 is 28.9 Å². The summed E-state index contributed by atoms with van der Waals surface area (Å²) >= 11 is 6.01. The smallest absolute Gasteiger partial charge is 0.326 e. The predicted molar refractivity (Wildman–Crippen MR) is 133 cm³/mol. The van der Waals surface area contributed by atoms with Crippen LogP contribution < -0.4 is 10.2 Å². The lowest BCUT2D eigenvalue weighted by atomic mass is 9.94. The van der Waals surface area contributed by atoms with Crippen molar-refractivity contribution in [1.82, 2.24) is 15.5 Å². The van der Waals surface area contributed by atoms with Gasteiger partial charge >= 0.3 is 6.03 Å². The summed E-state index contributed by atoms with van der Waals surface area (Å²) in [6, 6.07) is 18.1. The topological polar surface area (TPSA) is 71.3 Å². The summed E-state index contributed by atoms with van der Waals surface area (Å²) in [7, 11) is 0. The molecule has 4 aromatic rings. The van der Waals surface area contributed by atoms with E-state index in [1.54, 1.807) is 41.3 Å². The lowest BCUT2D eigenvalue weighted by Gasteiger charge is -2.35. The third-order valence-corrected chi connectivity index (χ3v) is 6.14. The Kier molecular flexibility index (Phi) is 5.86. The van der Waals surface area contributed by atoms with Gasteiger partial charge in [0.1, 0.15) is 5.82 Å². The molecule has 35 heavy (non-hydrogen) atoms. The van der Waals surface area contributed by atoms with Crippen LogP contribution in [0.5, 0.6) is 0 Å². The van der Waals surface area contributed by atoms with Crippen LogP contribution in [-0.2, 0) is 0 Å². The summed E-state index contributed by atoms with van der Waals surface area (Å²) < 4.78 is 19.8. The van der Waals surface area contributed by atoms with Crippen LogP contribution in [0.15, 0.2) is 77.0 Å². The van der Waals surface area contributed by atoms with E-state index in [9.17, 15) is 9.18 Å². The Morgan fingerprint density at radius 1 is 1.00 bits per heavy atom. The number of aryl methyl sites for hydroxylation is 2. The molecule has 0 radical (unpaired) electrons. The van der Waals surface area contributed by atoms with E-state index < -0.39 is 11.9 Å². The van der Waals surface area contributed by atoms with E-state index in [2.05, 4.69) is 15.5 Å². The zero-order chi connectivity index (χ0) is 24.7. The van der Waals surface area contributed by atoms with Crippen molar-refractivity contribution < 1.29 is 13.7 Å². The van der Waals surface area contributed by atoms with Gasteiger partial charge in [-0.1, -0.05) is 35.0 Å². The normalized spacial score (nSPS) is 16.0. The maximum Gasteiger partial charge on any atom is 0.326 e. The number of benzene rings is 3. The molecule has 1 N–H and O–H groups in total. The van der Waals surface area contributed by atoms with Crippen molar-refractivity contribution in [2.75, 3.05) is 4.90 Å². The molecular weight excluding hydrogens is 467 g/mol. The SMILES string of the molecule is CC1=C(c2nc(-c3ccc(Cl)cc3)no2)C(c2cccc(F)c2)NC(=O)N1c1cc(C)cc(C)c1. The molecule has 1 aliphatic heterocycles. The quantitative estimate of drug-likeness (QED) is 0.341. The number of rotatable bonds is 4. The number of carbonyl (C=O) groups excluding carboxylic acids is 1. The number of urea groups is 1. The molecule has 0 fully saturated rings. The van der Waals surface area contributed by atoms with Crippen molar-refractivity contribution in [1.29, 1.82) is 0 Å². The molecule has 3 aromatic carbocycles. The molecule has 0 bridgehead atoms. The molecule has 2 amide bonds. The second-order valence-corrected chi connectivity index (χ2v) is 8.98. The highest BCUT2D eigenvalue weighted by Gasteiger charge is 2.36. The summed E-state index contributed by atoms with van der Waals surface area (Å²) in [5, 5.41) is 7.75. The van der Waals surface area contributed by atoms with Crippen LogP contribution in [0.25, 0.3) is 17.0 Å². The molecule has 1 aromatic heterocycles. The molecule has 5 rings (SSSR count). The molecule has 0 saturated heterocycles. The van der Waals surface area contributed by atoms with Crippen LogP contribution in [0, 0.1) is 19.7 Å². The third-order valence-electron chi connectivity index (χ3n) is 5.89. The van der Waals surface area contributed by atoms with E-state index >= 15 is 0 Å². The summed E-state index contributed by atoms with van der Waals surface area (Å²) in [5.41, 5.74) is 5.26. The first-order valence-corrected chi connectivity index (χ1v) is 11.4. The van der Waals surface area contributed by atoms with Crippen LogP contribution in [0.4, 0.5) is 14.9 Å². The Bertz CT molecular complexity index is 1440. The van der Waals surface area contributed by atoms with Crippen LogP contribution in [-0.4, -0.2) is 16.2 Å². The Morgan fingerprint density at radius 3 is 2.40 bits per heavy atom. The fraction of sp³-hybridized carbons (Fsp3) is 0.148. The fourth-order valence-corrected chi connectivity index (χ4v) is 4.52. The zero-order valence-corrected chi connectivity index (χ0v) is 20.1. The molecule has 8 heteroatoms. The van der Waals surface area contributed by atoms with Crippen LogP contribution in [0.3, 0.4) is 0 Å².